The van der Waals surface area contributed by atoms with Crippen LogP contribution in [0.3, 0.4) is 0 Å². The van der Waals surface area contributed by atoms with Gasteiger partial charge in [0.05, 0.1) is 0 Å². The predicted octanol–water partition coefficient (Wildman–Crippen LogP) is 0.535. The lowest BCUT2D eigenvalue weighted by atomic mass is 10.4. The highest BCUT2D eigenvalue weighted by atomic mass is 13.6. The van der Waals surface area contributed by atoms with Crippen LogP contribution < -0.4 is 0 Å². The summed E-state index contributed by atoms with van der Waals surface area (Å²) in [6.07, 6.45) is 4.94. The van der Waals surface area contributed by atoms with Crippen LogP contribution in [0.4, 0.5) is 0 Å². The maximum Gasteiger partial charge on any atom is 0 e. The van der Waals surface area contributed by atoms with Crippen LogP contribution in [0.25, 0.3) is 0 Å². The summed E-state index contributed by atoms with van der Waals surface area (Å²) in [6, 6.07) is 0. The van der Waals surface area contributed by atoms with Crippen molar-refractivity contribution in [2.45, 2.75) is 0 Å². The Balaban J connectivity index is 4.56. The normalized spacial score (nSPS) is 3.90. The van der Waals surface area contributed by atoms with E-state index in [0.717, 1.165) is 0 Å². The first kappa shape index (κ1) is 39.9. The maximum absolute atomic E-state index is 4.94. The van der Waals surface area contributed by atoms with Gasteiger partial charge in [0.2, 0.25) is 0 Å². The lowest BCUT2D eigenvalue weighted by Gasteiger charge is -1.64. The second kappa shape index (κ2) is 38.9. The van der Waals surface area contributed by atoms with Gasteiger partial charge in [-0.25, -0.2) is 5.92 Å². The summed E-state index contributed by atoms with van der Waals surface area (Å²) in [5.41, 5.74) is 0. The van der Waals surface area contributed by atoms with Crippen LogP contribution in [0.1, 0.15) is 0 Å². The van der Waals surface area contributed by atoms with E-state index in [2.05, 4.69) is 297 Å². The zero-order valence-corrected chi connectivity index (χ0v) is 25.8. The third-order valence-electron chi connectivity index (χ3n) is 3.04. The molecule has 0 N–H and O–H groups in total. The smallest absolute Gasteiger partial charge is 0 e. The summed E-state index contributed by atoms with van der Waals surface area (Å²) >= 11 is 0. The molecule has 0 aliphatic heterocycles. The van der Waals surface area contributed by atoms with E-state index in [1.165, 1.54) is 0 Å². The Morgan fingerprint density at radius 3 is 0.353 bits per heavy atom. The molecule has 0 unspecified atom stereocenters. The molecule has 0 saturated heterocycles. The molecule has 51 heavy (non-hydrogen) atoms. The van der Waals surface area contributed by atoms with Crippen molar-refractivity contribution in [3.63, 3.8) is 0 Å². The fourth-order valence-electron chi connectivity index (χ4n) is 1.49. The topological polar surface area (TPSA) is 0 Å². The SMILES string of the molecule is C#CC#CC#CC#CC#CC#CC#CC#CC#CC#CC#CC#CC#CC#CC#CC#CC#CC#CC#CC#CC#CC#CC#CC#CC#C[CH2-]. The van der Waals surface area contributed by atoms with Gasteiger partial charge in [-0.15, -0.1) is 12.3 Å². The molecule has 0 amide bonds. The standard InChI is InChI=1S/C51H3/c1-3-5-7-9-11-13-15-17-19-21-23-25-27-29-31-33-35-37-39-41-43-45-47-49-51-50-48-46-44-42-40-38-36-34-32-30-28-26-24-22-20-18-16-14-12-10-8-6-4-2/h1H,2H2/q-1. The molecule has 0 fully saturated rings. The molecular formula is C51H3-. The van der Waals surface area contributed by atoms with Gasteiger partial charge in [-0.05, 0) is 94.7 Å². The highest BCUT2D eigenvalue weighted by Crippen LogP contribution is 1.62. The second-order valence-corrected chi connectivity index (χ2v) is 6.20. The molecule has 0 rings (SSSR count). The van der Waals surface area contributed by atoms with Crippen LogP contribution in [-0.2, 0) is 0 Å². The fraction of sp³-hybridized carbons (Fsp3) is 0. The molecule has 0 bridgehead atoms. The molecule has 0 nitrogen and oxygen atoms in total. The average Bonchev–Trinajstić information content (AvgIpc) is 3.14. The summed E-state index contributed by atoms with van der Waals surface area (Å²) in [7, 11) is 0. The maximum atomic E-state index is 4.94. The molecule has 0 saturated carbocycles. The van der Waals surface area contributed by atoms with Gasteiger partial charge in [0.25, 0.3) is 0 Å². The molecule has 0 aromatic rings. The van der Waals surface area contributed by atoms with E-state index in [4.69, 9.17) is 6.42 Å². The van der Waals surface area contributed by atoms with E-state index in [0.29, 0.717) is 0 Å². The second-order valence-electron chi connectivity index (χ2n) is 6.20. The molecular weight excluding hydrogens is 613 g/mol. The third kappa shape index (κ3) is 38.9. The van der Waals surface area contributed by atoms with Gasteiger partial charge in [0.1, 0.15) is 0 Å². The summed E-state index contributed by atoms with van der Waals surface area (Å²) < 4.78 is 0. The van der Waals surface area contributed by atoms with E-state index in [9.17, 15) is 0 Å². The van der Waals surface area contributed by atoms with E-state index in [1.807, 2.05) is 0 Å². The lowest BCUT2D eigenvalue weighted by molar-refractivity contribution is 2.31. The van der Waals surface area contributed by atoms with Gasteiger partial charge < -0.3 is 0 Å². The first-order valence-corrected chi connectivity index (χ1v) is 12.6. The summed E-state index contributed by atoms with van der Waals surface area (Å²) in [5.74, 6) is 121. The third-order valence-corrected chi connectivity index (χ3v) is 3.04. The lowest BCUT2D eigenvalue weighted by Crippen LogP contribution is -1.57. The van der Waals surface area contributed by atoms with Crippen LogP contribution in [0, 0.1) is 303 Å². The van der Waals surface area contributed by atoms with Crippen molar-refractivity contribution in [1.82, 2.24) is 0 Å². The van der Waals surface area contributed by atoms with Gasteiger partial charge >= 0.3 is 0 Å². The summed E-state index contributed by atoms with van der Waals surface area (Å²) in [6.45, 7) is 3.31. The molecule has 0 atom stereocenters. The molecule has 0 aliphatic carbocycles. The van der Waals surface area contributed by atoms with E-state index >= 15 is 0 Å². The number of hydrogen-bond donors (Lipinski definition) is 0. The van der Waals surface area contributed by atoms with Crippen LogP contribution in [0.15, 0.2) is 0 Å². The minimum atomic E-state index is 2.12. The first-order chi connectivity index (χ1) is 25.4. The predicted molar refractivity (Wildman–Crippen MR) is 201 cm³/mol. The van der Waals surface area contributed by atoms with Crippen molar-refractivity contribution in [3.05, 3.63) is 6.92 Å². The van der Waals surface area contributed by atoms with Gasteiger partial charge in [0, 0.05) is 178 Å². The summed E-state index contributed by atoms with van der Waals surface area (Å²) in [5, 5.41) is 0. The fourth-order valence-corrected chi connectivity index (χ4v) is 1.49. The zero-order valence-electron chi connectivity index (χ0n) is 25.8. The summed E-state index contributed by atoms with van der Waals surface area (Å²) in [4.78, 5) is 0. The molecule has 0 aliphatic rings. The van der Waals surface area contributed by atoms with Crippen molar-refractivity contribution in [2.24, 2.45) is 0 Å². The van der Waals surface area contributed by atoms with Crippen LogP contribution in [0.5, 0.6) is 0 Å². The zero-order chi connectivity index (χ0) is 36.6. The number of terminal acetylenes is 1. The molecule has 0 radical (unpaired) electrons. The average molecular weight is 616 g/mol. The van der Waals surface area contributed by atoms with Crippen LogP contribution in [-0.4, -0.2) is 0 Å². The molecule has 0 spiro atoms. The van der Waals surface area contributed by atoms with Gasteiger partial charge in [0.15, 0.2) is 0 Å². The highest BCUT2D eigenvalue weighted by molar-refractivity contribution is 5.51. The molecule has 0 aromatic heterocycles. The van der Waals surface area contributed by atoms with Gasteiger partial charge in [-0.2, -0.15) is 6.92 Å². The van der Waals surface area contributed by atoms with Crippen molar-refractivity contribution in [3.8, 4) is 297 Å². The number of rotatable bonds is 0. The Kier molecular flexibility index (Phi) is 30.4. The van der Waals surface area contributed by atoms with Crippen LogP contribution in [0.2, 0.25) is 0 Å². The monoisotopic (exact) mass is 615 g/mol. The molecule has 0 heterocycles. The van der Waals surface area contributed by atoms with Crippen molar-refractivity contribution in [2.75, 3.05) is 0 Å². The minimum absolute atomic E-state index is 2.12. The van der Waals surface area contributed by atoms with Crippen molar-refractivity contribution >= 4 is 0 Å². The molecule has 208 valence electrons. The quantitative estimate of drug-likeness (QED) is 0.276. The Labute approximate surface area is 302 Å². The largest absolute Gasteiger partial charge is 0.284 e. The molecule has 0 aromatic carbocycles. The van der Waals surface area contributed by atoms with E-state index < -0.39 is 0 Å². The minimum Gasteiger partial charge on any atom is -0.284 e. The number of hydrogen-bond acceptors (Lipinski definition) is 0. The van der Waals surface area contributed by atoms with Gasteiger partial charge in [-0.3, -0.25) is 5.92 Å². The van der Waals surface area contributed by atoms with E-state index in [-0.39, 0.29) is 0 Å². The Bertz CT molecular complexity index is 3110. The Morgan fingerprint density at radius 1 is 0.157 bits per heavy atom. The Hall–Kier alpha value is -11.1. The Morgan fingerprint density at radius 2 is 0.255 bits per heavy atom. The first-order valence-electron chi connectivity index (χ1n) is 12.6. The van der Waals surface area contributed by atoms with Crippen molar-refractivity contribution < 1.29 is 0 Å². The van der Waals surface area contributed by atoms with Crippen LogP contribution >= 0.6 is 0 Å². The van der Waals surface area contributed by atoms with Crippen molar-refractivity contribution in [1.29, 1.82) is 0 Å². The highest BCUT2D eigenvalue weighted by Gasteiger charge is 1.62. The molecule has 0 heteroatoms. The van der Waals surface area contributed by atoms with Gasteiger partial charge in [-0.1, -0.05) is 0 Å². The van der Waals surface area contributed by atoms with E-state index in [1.54, 1.807) is 0 Å².